The van der Waals surface area contributed by atoms with E-state index in [1.807, 2.05) is 0 Å². The number of hydrogen-bond acceptors (Lipinski definition) is 6. The number of carbonyl (C=O) groups is 3. The van der Waals surface area contributed by atoms with Crippen molar-refractivity contribution in [3.05, 3.63) is 39.7 Å². The van der Waals surface area contributed by atoms with Crippen LogP contribution in [0.15, 0.2) is 12.1 Å². The van der Waals surface area contributed by atoms with Crippen LogP contribution in [0.5, 0.6) is 5.75 Å². The van der Waals surface area contributed by atoms with Gasteiger partial charge in [-0.1, -0.05) is 23.2 Å². The fourth-order valence-electron chi connectivity index (χ4n) is 6.30. The van der Waals surface area contributed by atoms with Crippen molar-refractivity contribution >= 4 is 29.4 Å². The van der Waals surface area contributed by atoms with E-state index in [9.17, 15) is 28.3 Å². The number of hydrogen-bond donors (Lipinski definition) is 1. The zero-order valence-electron chi connectivity index (χ0n) is 22.5. The minimum Gasteiger partial charge on any atom is -0.487 e. The highest BCUT2D eigenvalue weighted by Gasteiger charge is 2.54. The predicted molar refractivity (Wildman–Crippen MR) is 139 cm³/mol. The van der Waals surface area contributed by atoms with Gasteiger partial charge < -0.3 is 19.6 Å². The summed E-state index contributed by atoms with van der Waals surface area (Å²) in [6.45, 7) is 0.320. The number of halogens is 4. The average molecular weight is 598 g/mol. The molecule has 14 heteroatoms. The molecule has 2 fully saturated rings. The van der Waals surface area contributed by atoms with Crippen molar-refractivity contribution in [2.75, 3.05) is 19.6 Å². The summed E-state index contributed by atoms with van der Waals surface area (Å²) in [7, 11) is 1.35. The number of rotatable bonds is 8. The molecular formula is C27H31ClF3N5O5. The molecule has 0 spiro atoms. The number of ether oxygens (including phenoxy) is 1. The first-order valence-corrected chi connectivity index (χ1v) is 14.0. The van der Waals surface area contributed by atoms with E-state index in [2.05, 4.69) is 10.3 Å². The number of carbonyl (C=O) groups excluding carboxylic acids is 2. The molecule has 3 atom stereocenters. The zero-order valence-corrected chi connectivity index (χ0v) is 23.2. The van der Waals surface area contributed by atoms with Crippen LogP contribution in [0.2, 0.25) is 5.02 Å². The molecule has 0 radical (unpaired) electrons. The lowest BCUT2D eigenvalue weighted by molar-refractivity contribution is -0.166. The fourth-order valence-corrected chi connectivity index (χ4v) is 6.56. The Hall–Kier alpha value is -3.35. The van der Waals surface area contributed by atoms with Crippen molar-refractivity contribution < 1.29 is 37.4 Å². The molecule has 1 N–H and O–H groups in total. The van der Waals surface area contributed by atoms with Gasteiger partial charge in [-0.15, -0.1) is 5.10 Å². The van der Waals surface area contributed by atoms with Crippen molar-refractivity contribution in [3.63, 3.8) is 0 Å². The lowest BCUT2D eigenvalue weighted by atomic mass is 9.75. The summed E-state index contributed by atoms with van der Waals surface area (Å²) in [4.78, 5) is 41.6. The molecule has 1 saturated heterocycles. The van der Waals surface area contributed by atoms with Gasteiger partial charge in [0.15, 0.2) is 0 Å². The van der Waals surface area contributed by atoms with E-state index in [0.29, 0.717) is 48.4 Å². The van der Waals surface area contributed by atoms with Gasteiger partial charge in [0.2, 0.25) is 17.5 Å². The number of aryl methyl sites for hydroxylation is 1. The van der Waals surface area contributed by atoms with Gasteiger partial charge in [-0.3, -0.25) is 9.59 Å². The first kappa shape index (κ1) is 29.2. The molecule has 0 bridgehead atoms. The molecule has 222 valence electrons. The van der Waals surface area contributed by atoms with Crippen LogP contribution in [0.4, 0.5) is 13.2 Å². The summed E-state index contributed by atoms with van der Waals surface area (Å²) in [6, 6.07) is 2.34. The maximum absolute atomic E-state index is 15.8. The molecule has 2 unspecified atom stereocenters. The number of nitrogens with zero attached hydrogens (tertiary/aromatic N) is 5. The van der Waals surface area contributed by atoms with Crippen molar-refractivity contribution in [2.45, 2.75) is 69.7 Å². The molecular weight excluding hydrogens is 567 g/mol. The Bertz CT molecular complexity index is 1360. The summed E-state index contributed by atoms with van der Waals surface area (Å²) < 4.78 is 50.0. The van der Waals surface area contributed by atoms with Crippen molar-refractivity contribution in [1.82, 2.24) is 24.8 Å². The molecule has 2 aliphatic heterocycles. The van der Waals surface area contributed by atoms with E-state index in [4.69, 9.17) is 16.3 Å². The normalized spacial score (nSPS) is 24.6. The summed E-state index contributed by atoms with van der Waals surface area (Å²) in [5.41, 5.74) is -2.02. The van der Waals surface area contributed by atoms with Crippen molar-refractivity contribution in [3.8, 4) is 5.75 Å². The molecule has 5 rings (SSSR count). The Morgan fingerprint density at radius 1 is 1.22 bits per heavy atom. The summed E-state index contributed by atoms with van der Waals surface area (Å²) in [5.74, 6) is -3.54. The van der Waals surface area contributed by atoms with Gasteiger partial charge in [-0.25, -0.2) is 22.6 Å². The van der Waals surface area contributed by atoms with Gasteiger partial charge in [0.1, 0.15) is 23.7 Å². The topological polar surface area (TPSA) is 118 Å². The maximum atomic E-state index is 15.8. The highest BCUT2D eigenvalue weighted by molar-refractivity contribution is 6.31. The number of fused-ring (bicyclic) bond motifs is 1. The Kier molecular flexibility index (Phi) is 8.18. The van der Waals surface area contributed by atoms with Crippen LogP contribution in [0, 0.1) is 5.92 Å². The van der Waals surface area contributed by atoms with Gasteiger partial charge in [0, 0.05) is 43.7 Å². The number of aliphatic carboxylic acids is 1. The molecule has 10 nitrogen and oxygen atoms in total. The number of likely N-dealkylation sites (tertiary alicyclic amines) is 1. The Balaban J connectivity index is 1.53. The van der Waals surface area contributed by atoms with Gasteiger partial charge in [-0.05, 0) is 49.8 Å². The molecule has 1 aliphatic carbocycles. The molecule has 1 aromatic carbocycles. The van der Waals surface area contributed by atoms with Gasteiger partial charge in [0.05, 0.1) is 12.0 Å². The highest BCUT2D eigenvalue weighted by Crippen LogP contribution is 2.45. The Morgan fingerprint density at radius 3 is 2.68 bits per heavy atom. The summed E-state index contributed by atoms with van der Waals surface area (Å²) >= 11 is 6.57. The molecule has 2 amide bonds. The highest BCUT2D eigenvalue weighted by atomic mass is 35.5. The minimum atomic E-state index is -2.83. The maximum Gasteiger partial charge on any atom is 0.342 e. The Labute approximate surface area is 239 Å². The third-order valence-corrected chi connectivity index (χ3v) is 8.78. The second-order valence-electron chi connectivity index (χ2n) is 10.8. The van der Waals surface area contributed by atoms with Crippen LogP contribution in [-0.2, 0) is 34.5 Å². The van der Waals surface area contributed by atoms with Gasteiger partial charge >= 0.3 is 5.97 Å². The first-order chi connectivity index (χ1) is 19.5. The smallest absolute Gasteiger partial charge is 0.342 e. The lowest BCUT2D eigenvalue weighted by Gasteiger charge is -2.44. The molecule has 3 aliphatic rings. The second-order valence-corrected chi connectivity index (χ2v) is 11.2. The molecule has 3 heterocycles. The van der Waals surface area contributed by atoms with Crippen molar-refractivity contribution in [2.24, 2.45) is 13.0 Å². The number of benzene rings is 1. The molecule has 41 heavy (non-hydrogen) atoms. The fraction of sp³-hybridized carbons (Fsp3) is 0.593. The SMILES string of the molecule is Cn1nnc(COc2ccc(Cl)c3c2[C@@H](CN2CCCC2=O)N(C(=O)C2CCCCC2(F)C(=O)O)CC3)c1C(F)F. The van der Waals surface area contributed by atoms with E-state index in [0.717, 1.165) is 4.68 Å². The average Bonchev–Trinajstić information content (AvgIpc) is 3.52. The monoisotopic (exact) mass is 597 g/mol. The van der Waals surface area contributed by atoms with Gasteiger partial charge in [-0.2, -0.15) is 0 Å². The lowest BCUT2D eigenvalue weighted by Crippen LogP contribution is -2.55. The van der Waals surface area contributed by atoms with E-state index in [-0.39, 0.29) is 56.3 Å². The Morgan fingerprint density at radius 2 is 2.00 bits per heavy atom. The van der Waals surface area contributed by atoms with Crippen LogP contribution in [-0.4, -0.2) is 73.0 Å². The molecule has 1 aromatic heterocycles. The number of carboxylic acids is 1. The quantitative estimate of drug-likeness (QED) is 0.488. The number of amides is 2. The van der Waals surface area contributed by atoms with Crippen LogP contribution >= 0.6 is 11.6 Å². The van der Waals surface area contributed by atoms with E-state index < -0.39 is 41.6 Å². The first-order valence-electron chi connectivity index (χ1n) is 13.6. The number of aromatic nitrogens is 3. The van der Waals surface area contributed by atoms with E-state index in [1.54, 1.807) is 17.0 Å². The largest absolute Gasteiger partial charge is 0.487 e. The van der Waals surface area contributed by atoms with Crippen LogP contribution in [0.25, 0.3) is 0 Å². The van der Waals surface area contributed by atoms with E-state index >= 15 is 4.39 Å². The zero-order chi connectivity index (χ0) is 29.5. The third kappa shape index (κ3) is 5.35. The predicted octanol–water partition coefficient (Wildman–Crippen LogP) is 4.02. The second kappa shape index (κ2) is 11.5. The standard InChI is InChI=1S/C27H31ClF3N5O5/c1-34-23(24(29)30)18(32-33-34)14-41-20-8-7-17(28)15-9-12-36(19(22(15)20)13-35-11-4-6-21(35)37)25(38)16-5-2-3-10-27(16,31)26(39)40/h7-8,16,19,24H,2-6,9-14H2,1H3,(H,39,40)/t16?,19-,27?/m1/s1. The van der Waals surface area contributed by atoms with Crippen molar-refractivity contribution in [1.29, 1.82) is 0 Å². The van der Waals surface area contributed by atoms with Crippen LogP contribution in [0.1, 0.15) is 73.5 Å². The third-order valence-electron chi connectivity index (χ3n) is 8.42. The summed E-state index contributed by atoms with van der Waals surface area (Å²) in [5, 5.41) is 17.6. The number of alkyl halides is 3. The number of carboxylic acid groups (broad SMARTS) is 1. The molecule has 2 aromatic rings. The van der Waals surface area contributed by atoms with Crippen LogP contribution in [0.3, 0.4) is 0 Å². The molecule has 1 saturated carbocycles. The van der Waals surface area contributed by atoms with E-state index in [1.165, 1.54) is 11.9 Å². The van der Waals surface area contributed by atoms with Crippen LogP contribution < -0.4 is 4.74 Å². The summed E-state index contributed by atoms with van der Waals surface area (Å²) in [6.07, 6.45) is -0.869. The minimum absolute atomic E-state index is 0.0629. The van der Waals surface area contributed by atoms with Gasteiger partial charge in [0.25, 0.3) is 6.43 Å².